The first-order chi connectivity index (χ1) is 12.0. The van der Waals surface area contributed by atoms with Gasteiger partial charge in [0.15, 0.2) is 5.82 Å². The summed E-state index contributed by atoms with van der Waals surface area (Å²) in [7, 11) is 0. The van der Waals surface area contributed by atoms with E-state index in [9.17, 15) is 4.79 Å². The second-order valence-corrected chi connectivity index (χ2v) is 6.37. The highest BCUT2D eigenvalue weighted by atomic mass is 35.5. The van der Waals surface area contributed by atoms with Crippen LogP contribution in [-0.2, 0) is 4.79 Å². The second-order valence-electron chi connectivity index (χ2n) is 4.99. The lowest BCUT2D eigenvalue weighted by Gasteiger charge is -2.03. The summed E-state index contributed by atoms with van der Waals surface area (Å²) < 4.78 is 6.81. The molecular formula is C16H13ClN4O3S. The van der Waals surface area contributed by atoms with Gasteiger partial charge in [-0.1, -0.05) is 35.5 Å². The Morgan fingerprint density at radius 1 is 1.36 bits per heavy atom. The van der Waals surface area contributed by atoms with E-state index in [4.69, 9.17) is 21.1 Å². The van der Waals surface area contributed by atoms with E-state index in [1.165, 1.54) is 4.68 Å². The maximum absolute atomic E-state index is 10.8. The molecule has 3 rings (SSSR count). The summed E-state index contributed by atoms with van der Waals surface area (Å²) in [5.74, 6) is 0.0654. The van der Waals surface area contributed by atoms with Crippen LogP contribution in [0.4, 0.5) is 0 Å². The van der Waals surface area contributed by atoms with Crippen LogP contribution in [0.15, 0.2) is 51.3 Å². The Morgan fingerprint density at radius 3 is 2.76 bits per heavy atom. The van der Waals surface area contributed by atoms with E-state index < -0.39 is 5.97 Å². The second kappa shape index (κ2) is 7.54. The SMILES string of the molecule is Cc1occc1-c1nnc(SCC(=O)O)n1/N=C\c1ccc(Cl)cc1. The molecular weight excluding hydrogens is 364 g/mol. The third-order valence-electron chi connectivity index (χ3n) is 3.23. The molecule has 128 valence electrons. The summed E-state index contributed by atoms with van der Waals surface area (Å²) in [5, 5.41) is 22.5. The van der Waals surface area contributed by atoms with Gasteiger partial charge in [0.1, 0.15) is 5.76 Å². The Bertz CT molecular complexity index is 918. The van der Waals surface area contributed by atoms with Crippen LogP contribution in [-0.4, -0.2) is 37.9 Å². The van der Waals surface area contributed by atoms with Crippen molar-refractivity contribution in [3.05, 3.63) is 52.9 Å². The van der Waals surface area contributed by atoms with Gasteiger partial charge in [-0.3, -0.25) is 4.79 Å². The van der Waals surface area contributed by atoms with Gasteiger partial charge in [-0.2, -0.15) is 9.78 Å². The van der Waals surface area contributed by atoms with Crippen molar-refractivity contribution < 1.29 is 14.3 Å². The summed E-state index contributed by atoms with van der Waals surface area (Å²) in [6, 6.07) is 8.93. The number of halogens is 1. The van der Waals surface area contributed by atoms with Crippen molar-refractivity contribution in [2.45, 2.75) is 12.1 Å². The summed E-state index contributed by atoms with van der Waals surface area (Å²) >= 11 is 6.92. The molecule has 0 saturated heterocycles. The van der Waals surface area contributed by atoms with E-state index in [0.717, 1.165) is 22.9 Å². The number of hydrogen-bond donors (Lipinski definition) is 1. The van der Waals surface area contributed by atoms with Crippen LogP contribution in [0, 0.1) is 6.92 Å². The first-order valence-electron chi connectivity index (χ1n) is 7.19. The molecule has 0 amide bonds. The fourth-order valence-corrected chi connectivity index (χ4v) is 2.78. The molecule has 0 fully saturated rings. The minimum atomic E-state index is -0.942. The number of furan rings is 1. The number of aromatic nitrogens is 3. The van der Waals surface area contributed by atoms with E-state index in [1.54, 1.807) is 37.6 Å². The molecule has 0 aliphatic rings. The maximum atomic E-state index is 10.8. The van der Waals surface area contributed by atoms with Crippen molar-refractivity contribution in [1.29, 1.82) is 0 Å². The molecule has 7 nitrogen and oxygen atoms in total. The molecule has 0 spiro atoms. The smallest absolute Gasteiger partial charge is 0.313 e. The normalized spacial score (nSPS) is 11.3. The predicted molar refractivity (Wildman–Crippen MR) is 95.3 cm³/mol. The van der Waals surface area contributed by atoms with Crippen molar-refractivity contribution in [3.63, 3.8) is 0 Å². The van der Waals surface area contributed by atoms with Gasteiger partial charge in [-0.05, 0) is 30.7 Å². The van der Waals surface area contributed by atoms with E-state index in [0.29, 0.717) is 21.8 Å². The van der Waals surface area contributed by atoms with Gasteiger partial charge in [0.25, 0.3) is 0 Å². The molecule has 2 aromatic heterocycles. The van der Waals surface area contributed by atoms with Crippen molar-refractivity contribution in [2.24, 2.45) is 5.10 Å². The lowest BCUT2D eigenvalue weighted by molar-refractivity contribution is -0.133. The number of thioether (sulfide) groups is 1. The molecule has 1 aromatic carbocycles. The molecule has 0 bridgehead atoms. The Labute approximate surface area is 152 Å². The standard InChI is InChI=1S/C16H13ClN4O3S/c1-10-13(6-7-24-10)15-19-20-16(25-9-14(22)23)21(15)18-8-11-2-4-12(17)5-3-11/h2-8H,9H2,1H3,(H,22,23)/b18-8-. The van der Waals surface area contributed by atoms with Gasteiger partial charge in [0.05, 0.1) is 23.8 Å². The highest BCUT2D eigenvalue weighted by Gasteiger charge is 2.18. The van der Waals surface area contributed by atoms with Gasteiger partial charge in [0, 0.05) is 5.02 Å². The van der Waals surface area contributed by atoms with Crippen molar-refractivity contribution >= 4 is 35.5 Å². The number of aryl methyl sites for hydroxylation is 1. The Kier molecular flexibility index (Phi) is 5.20. The number of nitrogens with zero attached hydrogens (tertiary/aromatic N) is 4. The minimum Gasteiger partial charge on any atom is -0.481 e. The maximum Gasteiger partial charge on any atom is 0.313 e. The summed E-state index contributed by atoms with van der Waals surface area (Å²) in [6.45, 7) is 1.81. The summed E-state index contributed by atoms with van der Waals surface area (Å²) in [5.41, 5.74) is 1.57. The third kappa shape index (κ3) is 4.09. The molecule has 3 aromatic rings. The van der Waals surface area contributed by atoms with Gasteiger partial charge in [0.2, 0.25) is 5.16 Å². The minimum absolute atomic E-state index is 0.140. The van der Waals surface area contributed by atoms with Gasteiger partial charge < -0.3 is 9.52 Å². The van der Waals surface area contributed by atoms with Gasteiger partial charge in [-0.15, -0.1) is 10.2 Å². The monoisotopic (exact) mass is 376 g/mol. The van der Waals surface area contributed by atoms with Crippen LogP contribution in [0.25, 0.3) is 11.4 Å². The Morgan fingerprint density at radius 2 is 2.12 bits per heavy atom. The Balaban J connectivity index is 1.98. The van der Waals surface area contributed by atoms with Crippen LogP contribution < -0.4 is 0 Å². The highest BCUT2D eigenvalue weighted by molar-refractivity contribution is 7.99. The number of hydrogen-bond acceptors (Lipinski definition) is 6. The Hall–Kier alpha value is -2.58. The van der Waals surface area contributed by atoms with Gasteiger partial charge >= 0.3 is 5.97 Å². The molecule has 0 unspecified atom stereocenters. The number of carbonyl (C=O) groups is 1. The number of aliphatic carboxylic acids is 1. The lowest BCUT2D eigenvalue weighted by Crippen LogP contribution is -2.01. The largest absolute Gasteiger partial charge is 0.481 e. The summed E-state index contributed by atoms with van der Waals surface area (Å²) in [4.78, 5) is 10.8. The van der Waals surface area contributed by atoms with Crippen molar-refractivity contribution in [2.75, 3.05) is 5.75 Å². The topological polar surface area (TPSA) is 93.5 Å². The fraction of sp³-hybridized carbons (Fsp3) is 0.125. The van der Waals surface area contributed by atoms with E-state index >= 15 is 0 Å². The van der Waals surface area contributed by atoms with E-state index in [1.807, 2.05) is 12.1 Å². The van der Waals surface area contributed by atoms with Crippen LogP contribution in [0.5, 0.6) is 0 Å². The number of rotatable bonds is 6. The first kappa shape index (κ1) is 17.2. The molecule has 2 heterocycles. The molecule has 0 atom stereocenters. The number of carboxylic acids is 1. The molecule has 0 radical (unpaired) electrons. The average molecular weight is 377 g/mol. The molecule has 0 aliphatic heterocycles. The zero-order valence-electron chi connectivity index (χ0n) is 13.1. The van der Waals surface area contributed by atoms with Crippen molar-refractivity contribution in [3.8, 4) is 11.4 Å². The quantitative estimate of drug-likeness (QED) is 0.522. The van der Waals surface area contributed by atoms with E-state index in [-0.39, 0.29) is 5.75 Å². The van der Waals surface area contributed by atoms with Crippen LogP contribution in [0.3, 0.4) is 0 Å². The van der Waals surface area contributed by atoms with Crippen molar-refractivity contribution in [1.82, 2.24) is 14.9 Å². The summed E-state index contributed by atoms with van der Waals surface area (Å²) in [6.07, 6.45) is 3.18. The zero-order chi connectivity index (χ0) is 17.8. The van der Waals surface area contributed by atoms with Crippen LogP contribution in [0.2, 0.25) is 5.02 Å². The number of benzene rings is 1. The predicted octanol–water partition coefficient (Wildman–Crippen LogP) is 3.56. The lowest BCUT2D eigenvalue weighted by atomic mass is 10.2. The van der Waals surface area contributed by atoms with Crippen LogP contribution in [0.1, 0.15) is 11.3 Å². The molecule has 0 saturated carbocycles. The zero-order valence-corrected chi connectivity index (χ0v) is 14.7. The molecule has 9 heteroatoms. The highest BCUT2D eigenvalue weighted by Crippen LogP contribution is 2.27. The number of carboxylic acid groups (broad SMARTS) is 1. The third-order valence-corrected chi connectivity index (χ3v) is 4.38. The molecule has 0 aliphatic carbocycles. The first-order valence-corrected chi connectivity index (χ1v) is 8.55. The van der Waals surface area contributed by atoms with Crippen LogP contribution >= 0.6 is 23.4 Å². The van der Waals surface area contributed by atoms with Gasteiger partial charge in [-0.25, -0.2) is 0 Å². The fourth-order valence-electron chi connectivity index (χ4n) is 2.04. The van der Waals surface area contributed by atoms with E-state index in [2.05, 4.69) is 15.3 Å². The molecule has 1 N–H and O–H groups in total. The molecule has 25 heavy (non-hydrogen) atoms. The average Bonchev–Trinajstić information content (AvgIpc) is 3.18.